The molecule has 0 N–H and O–H groups in total. The maximum atomic E-state index is 10.6. The van der Waals surface area contributed by atoms with Crippen LogP contribution in [-0.4, -0.2) is 14.3 Å². The zero-order valence-corrected chi connectivity index (χ0v) is 6.91. The number of nitrogens with zero attached hydrogens (tertiary/aromatic N) is 4. The first-order valence-corrected chi connectivity index (χ1v) is 3.74. The average Bonchev–Trinajstić information content (AvgIpc) is 2.59. The van der Waals surface area contributed by atoms with Gasteiger partial charge >= 0.3 is 5.69 Å². The Bertz CT molecular complexity index is 552. The molecule has 0 saturated carbocycles. The molecule has 2 aromatic heterocycles. The normalized spacial score (nSPS) is 9.93. The van der Waals surface area contributed by atoms with E-state index in [0.717, 1.165) is 0 Å². The second-order valence-corrected chi connectivity index (χ2v) is 2.60. The average molecular weight is 188 g/mol. The van der Waals surface area contributed by atoms with Crippen molar-refractivity contribution >= 4 is 11.3 Å². The Labute approximate surface area is 78.2 Å². The largest absolute Gasteiger partial charge is 0.312 e. The van der Waals surface area contributed by atoms with Gasteiger partial charge in [0.15, 0.2) is 0 Å². The van der Waals surface area contributed by atoms with E-state index in [1.165, 1.54) is 22.7 Å². The van der Waals surface area contributed by atoms with E-state index in [-0.39, 0.29) is 17.0 Å². The molecule has 0 aliphatic heterocycles. The summed E-state index contributed by atoms with van der Waals surface area (Å²) < 4.78 is 1.39. The van der Waals surface area contributed by atoms with Crippen molar-refractivity contribution in [2.45, 2.75) is 0 Å². The molecule has 0 bridgehead atoms. The third-order valence-electron chi connectivity index (χ3n) is 1.83. The smallest absolute Gasteiger partial charge is 0.285 e. The fourth-order valence-corrected chi connectivity index (χ4v) is 1.22. The van der Waals surface area contributed by atoms with Crippen molar-refractivity contribution in [3.05, 3.63) is 40.3 Å². The van der Waals surface area contributed by atoms with Crippen molar-refractivity contribution in [1.82, 2.24) is 9.38 Å². The first-order chi connectivity index (χ1) is 6.74. The third-order valence-corrected chi connectivity index (χ3v) is 1.83. The summed E-state index contributed by atoms with van der Waals surface area (Å²) >= 11 is 0. The summed E-state index contributed by atoms with van der Waals surface area (Å²) in [5.74, 6) is 0. The summed E-state index contributed by atoms with van der Waals surface area (Å²) in [6.07, 6.45) is 2.87. The van der Waals surface area contributed by atoms with Crippen molar-refractivity contribution in [3.63, 3.8) is 0 Å². The van der Waals surface area contributed by atoms with Gasteiger partial charge in [-0.2, -0.15) is 5.26 Å². The standard InChI is InChI=1S/C8H4N4O2/c9-4-6-5-10-8-7(12(13)14)2-1-3-11(6)8/h1-3,5H. The Hall–Kier alpha value is -2.42. The Morgan fingerprint density at radius 2 is 2.43 bits per heavy atom. The van der Waals surface area contributed by atoms with Crippen molar-refractivity contribution < 1.29 is 4.92 Å². The van der Waals surface area contributed by atoms with Crippen molar-refractivity contribution in [2.75, 3.05) is 0 Å². The second kappa shape index (κ2) is 2.81. The van der Waals surface area contributed by atoms with Crippen molar-refractivity contribution in [1.29, 1.82) is 5.26 Å². The minimum Gasteiger partial charge on any atom is -0.285 e. The summed E-state index contributed by atoms with van der Waals surface area (Å²) in [6.45, 7) is 0. The van der Waals surface area contributed by atoms with Crippen LogP contribution in [0, 0.1) is 21.4 Å². The maximum absolute atomic E-state index is 10.6. The zero-order chi connectivity index (χ0) is 10.1. The summed E-state index contributed by atoms with van der Waals surface area (Å²) in [5, 5.41) is 19.3. The molecule has 2 aromatic rings. The highest BCUT2D eigenvalue weighted by molar-refractivity contribution is 5.60. The Kier molecular flexibility index (Phi) is 1.65. The molecular weight excluding hydrogens is 184 g/mol. The van der Waals surface area contributed by atoms with Crippen molar-refractivity contribution in [3.8, 4) is 6.07 Å². The minimum absolute atomic E-state index is 0.103. The van der Waals surface area contributed by atoms with E-state index in [0.29, 0.717) is 0 Å². The van der Waals surface area contributed by atoms with Gasteiger partial charge in [-0.25, -0.2) is 4.98 Å². The molecule has 0 radical (unpaired) electrons. The summed E-state index contributed by atoms with van der Waals surface area (Å²) in [6, 6.07) is 4.75. The van der Waals surface area contributed by atoms with Crippen LogP contribution < -0.4 is 0 Å². The van der Waals surface area contributed by atoms with Gasteiger partial charge in [0.05, 0.1) is 11.1 Å². The maximum Gasteiger partial charge on any atom is 0.312 e. The molecule has 0 aliphatic carbocycles. The molecule has 68 valence electrons. The first kappa shape index (κ1) is 8.19. The van der Waals surface area contributed by atoms with Gasteiger partial charge in [-0.3, -0.25) is 14.5 Å². The van der Waals surface area contributed by atoms with E-state index in [1.807, 2.05) is 6.07 Å². The number of nitriles is 1. The molecule has 14 heavy (non-hydrogen) atoms. The van der Waals surface area contributed by atoms with Crippen LogP contribution >= 0.6 is 0 Å². The van der Waals surface area contributed by atoms with Crippen molar-refractivity contribution in [2.24, 2.45) is 0 Å². The number of hydrogen-bond donors (Lipinski definition) is 0. The van der Waals surface area contributed by atoms with Crippen LogP contribution in [0.25, 0.3) is 5.65 Å². The molecular formula is C8H4N4O2. The van der Waals surface area contributed by atoms with Crippen LogP contribution in [0.4, 0.5) is 5.69 Å². The molecule has 0 spiro atoms. The highest BCUT2D eigenvalue weighted by Gasteiger charge is 2.14. The number of pyridine rings is 1. The fourth-order valence-electron chi connectivity index (χ4n) is 1.22. The molecule has 0 saturated heterocycles. The van der Waals surface area contributed by atoms with Gasteiger partial charge in [0.1, 0.15) is 11.8 Å². The van der Waals surface area contributed by atoms with E-state index in [4.69, 9.17) is 5.26 Å². The van der Waals surface area contributed by atoms with Crippen LogP contribution in [0.2, 0.25) is 0 Å². The Balaban J connectivity index is 2.85. The summed E-state index contributed by atoms with van der Waals surface area (Å²) in [7, 11) is 0. The number of nitro groups is 1. The lowest BCUT2D eigenvalue weighted by molar-refractivity contribution is -0.383. The SMILES string of the molecule is N#Cc1cnc2c([N+](=O)[O-])cccn12. The monoisotopic (exact) mass is 188 g/mol. The number of imidazole rings is 1. The lowest BCUT2D eigenvalue weighted by atomic mass is 10.4. The Morgan fingerprint density at radius 3 is 3.07 bits per heavy atom. The van der Waals surface area contributed by atoms with Gasteiger partial charge in [0, 0.05) is 12.3 Å². The third kappa shape index (κ3) is 0.998. The fraction of sp³-hybridized carbons (Fsp3) is 0. The van der Waals surface area contributed by atoms with E-state index >= 15 is 0 Å². The second-order valence-electron chi connectivity index (χ2n) is 2.60. The predicted molar refractivity (Wildman–Crippen MR) is 46.6 cm³/mol. The molecule has 0 aliphatic rings. The van der Waals surface area contributed by atoms with E-state index in [2.05, 4.69) is 4.98 Å². The molecule has 0 aromatic carbocycles. The molecule has 6 heteroatoms. The first-order valence-electron chi connectivity index (χ1n) is 3.74. The van der Waals surface area contributed by atoms with Gasteiger partial charge in [-0.15, -0.1) is 0 Å². The lowest BCUT2D eigenvalue weighted by Crippen LogP contribution is -1.94. The van der Waals surface area contributed by atoms with Gasteiger partial charge < -0.3 is 0 Å². The number of fused-ring (bicyclic) bond motifs is 1. The molecule has 0 amide bonds. The zero-order valence-electron chi connectivity index (χ0n) is 6.91. The molecule has 2 rings (SSSR count). The molecule has 2 heterocycles. The topological polar surface area (TPSA) is 84.2 Å². The molecule has 0 fully saturated rings. The highest BCUT2D eigenvalue weighted by Crippen LogP contribution is 2.18. The number of aromatic nitrogens is 2. The van der Waals surface area contributed by atoms with Gasteiger partial charge in [-0.1, -0.05) is 0 Å². The highest BCUT2D eigenvalue weighted by atomic mass is 16.6. The Morgan fingerprint density at radius 1 is 1.64 bits per heavy atom. The van der Waals surface area contributed by atoms with Crippen LogP contribution in [0.3, 0.4) is 0 Å². The van der Waals surface area contributed by atoms with Gasteiger partial charge in [0.2, 0.25) is 5.65 Å². The molecule has 0 atom stereocenters. The minimum atomic E-state index is -0.524. The van der Waals surface area contributed by atoms with Crippen LogP contribution in [0.5, 0.6) is 0 Å². The van der Waals surface area contributed by atoms with Crippen LogP contribution in [0.1, 0.15) is 5.69 Å². The lowest BCUT2D eigenvalue weighted by Gasteiger charge is -1.94. The van der Waals surface area contributed by atoms with Gasteiger partial charge in [-0.05, 0) is 6.07 Å². The predicted octanol–water partition coefficient (Wildman–Crippen LogP) is 1.11. The summed E-state index contributed by atoms with van der Waals surface area (Å²) in [4.78, 5) is 13.9. The van der Waals surface area contributed by atoms with Gasteiger partial charge in [0.25, 0.3) is 0 Å². The molecule has 0 unspecified atom stereocenters. The van der Waals surface area contributed by atoms with Crippen LogP contribution in [-0.2, 0) is 0 Å². The van der Waals surface area contributed by atoms with Crippen LogP contribution in [0.15, 0.2) is 24.5 Å². The number of rotatable bonds is 1. The van der Waals surface area contributed by atoms with E-state index in [1.54, 1.807) is 6.20 Å². The van der Waals surface area contributed by atoms with E-state index in [9.17, 15) is 10.1 Å². The quantitative estimate of drug-likeness (QED) is 0.495. The van der Waals surface area contributed by atoms with E-state index < -0.39 is 4.92 Å². The molecule has 6 nitrogen and oxygen atoms in total. The summed E-state index contributed by atoms with van der Waals surface area (Å²) in [5.41, 5.74) is 0.367. The number of hydrogen-bond acceptors (Lipinski definition) is 4.